The average molecular weight is 361 g/mol. The molecule has 5 nitrogen and oxygen atoms in total. The second-order valence-corrected chi connectivity index (χ2v) is 7.32. The minimum atomic E-state index is -0.556. The van der Waals surface area contributed by atoms with E-state index in [4.69, 9.17) is 4.74 Å². The maximum atomic E-state index is 12.5. The van der Waals surface area contributed by atoms with E-state index in [-0.39, 0.29) is 24.5 Å². The van der Waals surface area contributed by atoms with Gasteiger partial charge in [0.2, 0.25) is 5.91 Å². The van der Waals surface area contributed by atoms with Gasteiger partial charge in [-0.1, -0.05) is 0 Å². The van der Waals surface area contributed by atoms with Crippen molar-refractivity contribution in [3.63, 3.8) is 0 Å². The van der Waals surface area contributed by atoms with Gasteiger partial charge in [0.15, 0.2) is 0 Å². The number of hydrogen-bond acceptors (Lipinski definition) is 4. The summed E-state index contributed by atoms with van der Waals surface area (Å²) >= 11 is 4.72. The molecule has 0 bridgehead atoms. The van der Waals surface area contributed by atoms with Crippen molar-refractivity contribution in [2.45, 2.75) is 25.9 Å². The Balaban J connectivity index is 2.14. The highest BCUT2D eigenvalue weighted by Crippen LogP contribution is 2.24. The number of carbonyl (C=O) groups excluding carboxylic acids is 2. The Morgan fingerprint density at radius 1 is 1.50 bits per heavy atom. The van der Waals surface area contributed by atoms with Gasteiger partial charge >= 0.3 is 0 Å². The number of nitrogens with one attached hydrogen (secondary N) is 1. The highest BCUT2D eigenvalue weighted by Gasteiger charge is 2.34. The fourth-order valence-electron chi connectivity index (χ4n) is 2.02. The van der Waals surface area contributed by atoms with Crippen LogP contribution in [0.2, 0.25) is 0 Å². The van der Waals surface area contributed by atoms with Crippen molar-refractivity contribution >= 4 is 39.1 Å². The molecule has 1 aromatic rings. The van der Waals surface area contributed by atoms with Gasteiger partial charge in [-0.05, 0) is 41.9 Å². The molecule has 20 heavy (non-hydrogen) atoms. The van der Waals surface area contributed by atoms with Crippen LogP contribution in [0.15, 0.2) is 15.9 Å². The molecule has 2 heterocycles. The molecule has 2 rings (SSSR count). The van der Waals surface area contributed by atoms with Gasteiger partial charge in [-0.25, -0.2) is 0 Å². The normalized spacial score (nSPS) is 19.2. The third-order valence-electron chi connectivity index (χ3n) is 2.91. The van der Waals surface area contributed by atoms with E-state index in [0.717, 1.165) is 3.79 Å². The Morgan fingerprint density at radius 2 is 2.25 bits per heavy atom. The van der Waals surface area contributed by atoms with Crippen molar-refractivity contribution < 1.29 is 14.3 Å². The molecule has 1 aliphatic heterocycles. The zero-order chi connectivity index (χ0) is 14.7. The molecule has 0 spiro atoms. The fourth-order valence-corrected chi connectivity index (χ4v) is 3.36. The van der Waals surface area contributed by atoms with E-state index in [0.29, 0.717) is 18.0 Å². The molecular formula is C13H17BrN2O3S. The van der Waals surface area contributed by atoms with Gasteiger partial charge in [0.25, 0.3) is 5.91 Å². The van der Waals surface area contributed by atoms with Crippen LogP contribution in [0.4, 0.5) is 0 Å². The topological polar surface area (TPSA) is 58.6 Å². The molecule has 1 saturated heterocycles. The van der Waals surface area contributed by atoms with Crippen molar-refractivity contribution in [2.24, 2.45) is 0 Å². The van der Waals surface area contributed by atoms with Gasteiger partial charge in [-0.3, -0.25) is 9.59 Å². The predicted octanol–water partition coefficient (Wildman–Crippen LogP) is 1.88. The van der Waals surface area contributed by atoms with Crippen LogP contribution < -0.4 is 5.32 Å². The summed E-state index contributed by atoms with van der Waals surface area (Å²) in [5.41, 5.74) is 0. The monoisotopic (exact) mass is 360 g/mol. The van der Waals surface area contributed by atoms with Crippen LogP contribution in [0.1, 0.15) is 23.5 Å². The number of nitrogens with zero attached hydrogens (tertiary/aromatic N) is 1. The predicted molar refractivity (Wildman–Crippen MR) is 80.9 cm³/mol. The molecule has 110 valence electrons. The zero-order valence-corrected chi connectivity index (χ0v) is 13.8. The van der Waals surface area contributed by atoms with Crippen molar-refractivity contribution in [3.8, 4) is 0 Å². The van der Waals surface area contributed by atoms with Gasteiger partial charge in [-0.15, -0.1) is 11.3 Å². The maximum Gasteiger partial charge on any atom is 0.264 e. The Bertz CT molecular complexity index is 504. The molecule has 0 aliphatic carbocycles. The largest absolute Gasteiger partial charge is 0.377 e. The first kappa shape index (κ1) is 15.5. The van der Waals surface area contributed by atoms with E-state index in [1.807, 2.05) is 19.9 Å². The molecule has 0 radical (unpaired) electrons. The molecule has 1 fully saturated rings. The molecule has 1 atom stereocenters. The number of carbonyl (C=O) groups is 2. The van der Waals surface area contributed by atoms with E-state index in [2.05, 4.69) is 21.2 Å². The lowest BCUT2D eigenvalue weighted by Crippen LogP contribution is -2.56. The van der Waals surface area contributed by atoms with E-state index in [9.17, 15) is 9.59 Å². The Labute approximate surface area is 130 Å². The van der Waals surface area contributed by atoms with Crippen LogP contribution in [-0.2, 0) is 9.53 Å². The number of thiophene rings is 1. The molecule has 0 aromatic carbocycles. The smallest absolute Gasteiger partial charge is 0.264 e. The number of ether oxygens (including phenoxy) is 1. The highest BCUT2D eigenvalue weighted by molar-refractivity contribution is 9.11. The zero-order valence-electron chi connectivity index (χ0n) is 11.4. The number of amides is 2. The summed E-state index contributed by atoms with van der Waals surface area (Å²) in [6, 6.07) is 3.09. The molecular weight excluding hydrogens is 344 g/mol. The van der Waals surface area contributed by atoms with Crippen molar-refractivity contribution in [1.29, 1.82) is 0 Å². The second-order valence-electron chi connectivity index (χ2n) is 4.86. The van der Waals surface area contributed by atoms with Gasteiger partial charge in [0.05, 0.1) is 21.9 Å². The first-order valence-corrected chi connectivity index (χ1v) is 8.04. The molecule has 7 heteroatoms. The summed E-state index contributed by atoms with van der Waals surface area (Å²) in [5.74, 6) is -0.281. The third-order valence-corrected chi connectivity index (χ3v) is 4.52. The average Bonchev–Trinajstić information content (AvgIpc) is 2.84. The summed E-state index contributed by atoms with van der Waals surface area (Å²) in [6.07, 6.45) is 0. The van der Waals surface area contributed by atoms with Gasteiger partial charge in [0.1, 0.15) is 6.04 Å². The summed E-state index contributed by atoms with van der Waals surface area (Å²) in [6.45, 7) is 4.93. The molecule has 1 aromatic heterocycles. The standard InChI is InChI=1S/C13H17BrN2O3S/c1-8(2)15-12(17)9-7-19-6-5-16(9)13(18)10-3-4-11(14)20-10/h3-4,8-9H,5-7H2,1-2H3,(H,15,17). The van der Waals surface area contributed by atoms with Crippen LogP contribution in [0.3, 0.4) is 0 Å². The fraction of sp³-hybridized carbons (Fsp3) is 0.538. The molecule has 1 aliphatic rings. The summed E-state index contributed by atoms with van der Waals surface area (Å²) in [5, 5.41) is 2.84. The maximum absolute atomic E-state index is 12.5. The lowest BCUT2D eigenvalue weighted by Gasteiger charge is -2.34. The van der Waals surface area contributed by atoms with Crippen molar-refractivity contribution in [3.05, 3.63) is 20.8 Å². The van der Waals surface area contributed by atoms with Gasteiger partial charge < -0.3 is 15.0 Å². The number of morpholine rings is 1. The summed E-state index contributed by atoms with van der Waals surface area (Å²) < 4.78 is 6.25. The van der Waals surface area contributed by atoms with Gasteiger partial charge in [0, 0.05) is 12.6 Å². The quantitative estimate of drug-likeness (QED) is 0.894. The second kappa shape index (κ2) is 6.69. The Hall–Kier alpha value is -0.920. The molecule has 2 amide bonds. The van der Waals surface area contributed by atoms with Crippen molar-refractivity contribution in [1.82, 2.24) is 10.2 Å². The summed E-state index contributed by atoms with van der Waals surface area (Å²) in [7, 11) is 0. The number of halogens is 1. The van der Waals surface area contributed by atoms with Crippen LogP contribution in [0, 0.1) is 0 Å². The summed E-state index contributed by atoms with van der Waals surface area (Å²) in [4.78, 5) is 26.9. The number of hydrogen-bond donors (Lipinski definition) is 1. The molecule has 1 unspecified atom stereocenters. The van der Waals surface area contributed by atoms with Crippen LogP contribution in [0.5, 0.6) is 0 Å². The van der Waals surface area contributed by atoms with E-state index in [1.54, 1.807) is 11.0 Å². The van der Waals surface area contributed by atoms with E-state index in [1.165, 1.54) is 11.3 Å². The molecule has 0 saturated carbocycles. The van der Waals surface area contributed by atoms with E-state index < -0.39 is 6.04 Å². The first-order chi connectivity index (χ1) is 9.49. The SMILES string of the molecule is CC(C)NC(=O)C1COCCN1C(=O)c1ccc(Br)s1. The minimum absolute atomic E-state index is 0.0391. The Kier molecular flexibility index (Phi) is 5.17. The minimum Gasteiger partial charge on any atom is -0.377 e. The third kappa shape index (κ3) is 3.59. The van der Waals surface area contributed by atoms with Crippen molar-refractivity contribution in [2.75, 3.05) is 19.8 Å². The van der Waals surface area contributed by atoms with Crippen LogP contribution in [0.25, 0.3) is 0 Å². The molecule has 1 N–H and O–H groups in total. The lowest BCUT2D eigenvalue weighted by molar-refractivity contribution is -0.131. The van der Waals surface area contributed by atoms with Gasteiger partial charge in [-0.2, -0.15) is 0 Å². The Morgan fingerprint density at radius 3 is 2.85 bits per heavy atom. The van der Waals surface area contributed by atoms with Crippen LogP contribution >= 0.6 is 27.3 Å². The first-order valence-electron chi connectivity index (χ1n) is 6.43. The number of rotatable bonds is 3. The lowest BCUT2D eigenvalue weighted by atomic mass is 10.2. The van der Waals surface area contributed by atoms with Crippen LogP contribution in [-0.4, -0.2) is 48.6 Å². The highest BCUT2D eigenvalue weighted by atomic mass is 79.9. The van der Waals surface area contributed by atoms with E-state index >= 15 is 0 Å².